The van der Waals surface area contributed by atoms with Crippen LogP contribution in [0.25, 0.3) is 11.0 Å². The average Bonchev–Trinajstić information content (AvgIpc) is 2.63. The summed E-state index contributed by atoms with van der Waals surface area (Å²) in [4.78, 5) is 8.19. The number of fused-ring (bicyclic) bond motifs is 1. The third-order valence-corrected chi connectivity index (χ3v) is 2.58. The van der Waals surface area contributed by atoms with Gasteiger partial charge in [-0.1, -0.05) is 19.8 Å². The quantitative estimate of drug-likeness (QED) is 0.777. The van der Waals surface area contributed by atoms with E-state index in [0.29, 0.717) is 5.82 Å². The Hall–Kier alpha value is -1.58. The van der Waals surface area contributed by atoms with Crippen LogP contribution in [0.5, 0.6) is 0 Å². The number of rotatable bonds is 4. The van der Waals surface area contributed by atoms with Gasteiger partial charge in [0.15, 0.2) is 5.82 Å². The first-order chi connectivity index (χ1) is 7.33. The summed E-state index contributed by atoms with van der Waals surface area (Å²) in [7, 11) is 0. The Kier molecular flexibility index (Phi) is 2.85. The molecule has 2 aromatic heterocycles. The second-order valence-electron chi connectivity index (χ2n) is 3.71. The van der Waals surface area contributed by atoms with Gasteiger partial charge in [0.1, 0.15) is 11.8 Å². The van der Waals surface area contributed by atoms with Crippen molar-refractivity contribution in [3.63, 3.8) is 0 Å². The molecule has 0 unspecified atom stereocenters. The van der Waals surface area contributed by atoms with E-state index in [1.54, 1.807) is 0 Å². The second kappa shape index (κ2) is 4.29. The molecule has 0 aromatic carbocycles. The third-order valence-electron chi connectivity index (χ3n) is 2.58. The Labute approximate surface area is 89.1 Å². The molecule has 0 saturated heterocycles. The van der Waals surface area contributed by atoms with E-state index in [0.717, 1.165) is 17.6 Å². The summed E-state index contributed by atoms with van der Waals surface area (Å²) in [6.07, 6.45) is 7.19. The van der Waals surface area contributed by atoms with Gasteiger partial charge in [-0.2, -0.15) is 0 Å². The molecular formula is C11H16N4. The summed E-state index contributed by atoms with van der Waals surface area (Å²) >= 11 is 0. The highest BCUT2D eigenvalue weighted by Gasteiger charge is 2.05. The molecular weight excluding hydrogens is 188 g/mol. The monoisotopic (exact) mass is 204 g/mol. The highest BCUT2D eigenvalue weighted by Crippen LogP contribution is 2.18. The van der Waals surface area contributed by atoms with Gasteiger partial charge in [0, 0.05) is 12.7 Å². The summed E-state index contributed by atoms with van der Waals surface area (Å²) in [5.74, 6) is 0.571. The normalized spacial score (nSPS) is 11.0. The zero-order chi connectivity index (χ0) is 10.7. The summed E-state index contributed by atoms with van der Waals surface area (Å²) < 4.78 is 2.14. The Morgan fingerprint density at radius 2 is 2.20 bits per heavy atom. The zero-order valence-corrected chi connectivity index (χ0v) is 8.98. The van der Waals surface area contributed by atoms with E-state index >= 15 is 0 Å². The fourth-order valence-electron chi connectivity index (χ4n) is 1.78. The van der Waals surface area contributed by atoms with Gasteiger partial charge in [-0.05, 0) is 12.5 Å². The molecule has 0 aliphatic carbocycles. The maximum atomic E-state index is 5.83. The van der Waals surface area contributed by atoms with Crippen LogP contribution >= 0.6 is 0 Å². The van der Waals surface area contributed by atoms with Crippen molar-refractivity contribution in [3.8, 4) is 0 Å². The first-order valence-electron chi connectivity index (χ1n) is 5.38. The Balaban J connectivity index is 2.27. The molecule has 2 N–H and O–H groups in total. The Morgan fingerprint density at radius 3 is 3.00 bits per heavy atom. The number of hydrogen-bond donors (Lipinski definition) is 1. The van der Waals surface area contributed by atoms with Crippen LogP contribution in [0, 0.1) is 0 Å². The molecule has 4 heteroatoms. The van der Waals surface area contributed by atoms with Crippen molar-refractivity contribution in [1.82, 2.24) is 14.5 Å². The molecule has 0 radical (unpaired) electrons. The number of nitrogen functional groups attached to an aromatic ring is 1. The predicted octanol–water partition coefficient (Wildman–Crippen LogP) is 2.20. The lowest BCUT2D eigenvalue weighted by Gasteiger charge is -2.05. The van der Waals surface area contributed by atoms with Crippen molar-refractivity contribution >= 4 is 16.9 Å². The molecule has 0 aliphatic heterocycles. The molecule has 0 saturated carbocycles. The van der Waals surface area contributed by atoms with Crippen LogP contribution in [0.4, 0.5) is 5.82 Å². The summed E-state index contributed by atoms with van der Waals surface area (Å²) in [6, 6.07) is 1.99. The maximum Gasteiger partial charge on any atom is 0.151 e. The predicted molar refractivity (Wildman–Crippen MR) is 61.5 cm³/mol. The number of nitrogens with zero attached hydrogens (tertiary/aromatic N) is 3. The largest absolute Gasteiger partial charge is 0.382 e. The minimum Gasteiger partial charge on any atom is -0.382 e. The van der Waals surface area contributed by atoms with Gasteiger partial charge >= 0.3 is 0 Å². The number of hydrogen-bond acceptors (Lipinski definition) is 3. The molecule has 2 rings (SSSR count). The van der Waals surface area contributed by atoms with Gasteiger partial charge in [0.25, 0.3) is 0 Å². The van der Waals surface area contributed by atoms with E-state index in [1.807, 2.05) is 12.3 Å². The molecule has 15 heavy (non-hydrogen) atoms. The van der Waals surface area contributed by atoms with Crippen molar-refractivity contribution in [2.75, 3.05) is 5.73 Å². The lowest BCUT2D eigenvalue weighted by Crippen LogP contribution is -2.00. The van der Waals surface area contributed by atoms with E-state index in [9.17, 15) is 0 Å². The van der Waals surface area contributed by atoms with Crippen LogP contribution in [-0.4, -0.2) is 14.5 Å². The highest BCUT2D eigenvalue weighted by atomic mass is 15.0. The molecule has 0 amide bonds. The minimum absolute atomic E-state index is 0.571. The van der Waals surface area contributed by atoms with Crippen LogP contribution < -0.4 is 5.73 Å². The first kappa shape index (κ1) is 9.96. The number of unbranched alkanes of at least 4 members (excludes halogenated alkanes) is 2. The average molecular weight is 204 g/mol. The van der Waals surface area contributed by atoms with E-state index in [2.05, 4.69) is 21.5 Å². The molecule has 0 spiro atoms. The van der Waals surface area contributed by atoms with Gasteiger partial charge in [-0.25, -0.2) is 9.97 Å². The van der Waals surface area contributed by atoms with Crippen molar-refractivity contribution in [2.24, 2.45) is 0 Å². The molecule has 4 nitrogen and oxygen atoms in total. The van der Waals surface area contributed by atoms with Gasteiger partial charge in [0.05, 0.1) is 5.52 Å². The third kappa shape index (κ3) is 1.93. The van der Waals surface area contributed by atoms with Crippen LogP contribution in [0.1, 0.15) is 26.2 Å². The van der Waals surface area contributed by atoms with Crippen molar-refractivity contribution in [3.05, 3.63) is 18.6 Å². The van der Waals surface area contributed by atoms with Crippen molar-refractivity contribution in [2.45, 2.75) is 32.7 Å². The van der Waals surface area contributed by atoms with E-state index in [1.165, 1.54) is 25.6 Å². The fraction of sp³-hybridized carbons (Fsp3) is 0.455. The smallest absolute Gasteiger partial charge is 0.151 e. The first-order valence-corrected chi connectivity index (χ1v) is 5.38. The lowest BCUT2D eigenvalue weighted by atomic mass is 10.2. The minimum atomic E-state index is 0.571. The number of aryl methyl sites for hydroxylation is 1. The topological polar surface area (TPSA) is 56.7 Å². The van der Waals surface area contributed by atoms with Gasteiger partial charge in [-0.3, -0.25) is 0 Å². The van der Waals surface area contributed by atoms with Gasteiger partial charge in [0.2, 0.25) is 0 Å². The second-order valence-corrected chi connectivity index (χ2v) is 3.71. The van der Waals surface area contributed by atoms with Gasteiger partial charge in [-0.15, -0.1) is 0 Å². The van der Waals surface area contributed by atoms with Crippen LogP contribution in [-0.2, 0) is 6.54 Å². The molecule has 80 valence electrons. The summed E-state index contributed by atoms with van der Waals surface area (Å²) in [5, 5.41) is 0. The fourth-order valence-corrected chi connectivity index (χ4v) is 1.78. The number of aromatic nitrogens is 3. The maximum absolute atomic E-state index is 5.83. The molecule has 0 aliphatic rings. The molecule has 0 atom stereocenters. The molecule has 2 aromatic rings. The molecule has 2 heterocycles. The Bertz CT molecular complexity index is 447. The SMILES string of the molecule is CCCCCn1ccc2ncnc(N)c21. The van der Waals surface area contributed by atoms with Crippen LogP contribution in [0.15, 0.2) is 18.6 Å². The summed E-state index contributed by atoms with van der Waals surface area (Å²) in [6.45, 7) is 3.19. The lowest BCUT2D eigenvalue weighted by molar-refractivity contribution is 0.616. The molecule has 0 bridgehead atoms. The molecule has 0 fully saturated rings. The van der Waals surface area contributed by atoms with E-state index in [4.69, 9.17) is 5.73 Å². The number of anilines is 1. The van der Waals surface area contributed by atoms with E-state index in [-0.39, 0.29) is 0 Å². The summed E-state index contributed by atoms with van der Waals surface area (Å²) in [5.41, 5.74) is 7.73. The number of nitrogens with two attached hydrogens (primary N) is 1. The zero-order valence-electron chi connectivity index (χ0n) is 8.98. The van der Waals surface area contributed by atoms with Gasteiger partial charge < -0.3 is 10.3 Å². The standard InChI is InChI=1S/C11H16N4/c1-2-3-4-6-15-7-5-9-10(15)11(12)14-8-13-9/h5,7-8H,2-4,6H2,1H3,(H2,12,13,14). The van der Waals surface area contributed by atoms with Crippen molar-refractivity contribution in [1.29, 1.82) is 0 Å². The Morgan fingerprint density at radius 1 is 1.33 bits per heavy atom. The van der Waals surface area contributed by atoms with Crippen LogP contribution in [0.2, 0.25) is 0 Å². The van der Waals surface area contributed by atoms with Crippen molar-refractivity contribution < 1.29 is 0 Å². The van der Waals surface area contributed by atoms with Crippen LogP contribution in [0.3, 0.4) is 0 Å². The van der Waals surface area contributed by atoms with E-state index < -0.39 is 0 Å². The highest BCUT2D eigenvalue weighted by molar-refractivity contribution is 5.84.